The molecular formula is C12H21N3O3. The summed E-state index contributed by atoms with van der Waals surface area (Å²) in [6.45, 7) is 6.06. The molecule has 1 unspecified atom stereocenters. The number of carbonyl (C=O) groups is 1. The molecule has 1 atom stereocenters. The van der Waals surface area contributed by atoms with Gasteiger partial charge >= 0.3 is 0 Å². The van der Waals surface area contributed by atoms with Gasteiger partial charge in [0.25, 0.3) is 5.91 Å². The van der Waals surface area contributed by atoms with Crippen LogP contribution in [0, 0.1) is 19.8 Å². The van der Waals surface area contributed by atoms with Gasteiger partial charge in [-0.1, -0.05) is 6.92 Å². The number of hydrogen-bond donors (Lipinski definition) is 2. The molecule has 0 aliphatic carbocycles. The third-order valence-electron chi connectivity index (χ3n) is 2.75. The molecule has 1 aromatic heterocycles. The Hall–Kier alpha value is -1.56. The molecule has 0 saturated heterocycles. The number of aryl methyl sites for hydroxylation is 2. The molecule has 0 radical (unpaired) electrons. The van der Waals surface area contributed by atoms with Crippen molar-refractivity contribution in [3.63, 3.8) is 0 Å². The zero-order valence-electron chi connectivity index (χ0n) is 11.4. The van der Waals surface area contributed by atoms with Crippen LogP contribution in [0.3, 0.4) is 0 Å². The molecule has 0 saturated carbocycles. The Kier molecular flexibility index (Phi) is 5.15. The van der Waals surface area contributed by atoms with Crippen molar-refractivity contribution in [2.24, 2.45) is 13.0 Å². The van der Waals surface area contributed by atoms with Crippen molar-refractivity contribution in [2.45, 2.75) is 20.8 Å². The first-order valence-corrected chi connectivity index (χ1v) is 5.96. The summed E-state index contributed by atoms with van der Waals surface area (Å²) in [4.78, 5) is 11.5. The monoisotopic (exact) mass is 255 g/mol. The highest BCUT2D eigenvalue weighted by Gasteiger charge is 2.12. The third kappa shape index (κ3) is 3.73. The SMILES string of the molecule is Cc1nn(C)c(C)c1OCC(=O)NCC(C)CO. The number of nitrogens with zero attached hydrogens (tertiary/aromatic N) is 2. The number of amides is 1. The molecule has 0 fully saturated rings. The van der Waals surface area contributed by atoms with E-state index in [-0.39, 0.29) is 25.0 Å². The van der Waals surface area contributed by atoms with Gasteiger partial charge in [-0.15, -0.1) is 0 Å². The van der Waals surface area contributed by atoms with E-state index in [1.165, 1.54) is 0 Å². The molecule has 0 bridgehead atoms. The van der Waals surface area contributed by atoms with Crippen molar-refractivity contribution in [3.05, 3.63) is 11.4 Å². The van der Waals surface area contributed by atoms with Gasteiger partial charge in [0.1, 0.15) is 5.69 Å². The molecule has 1 amide bonds. The van der Waals surface area contributed by atoms with Gasteiger partial charge in [0.05, 0.1) is 5.69 Å². The van der Waals surface area contributed by atoms with Gasteiger partial charge in [-0.3, -0.25) is 9.48 Å². The molecule has 6 nitrogen and oxygen atoms in total. The van der Waals surface area contributed by atoms with Crippen LogP contribution in [0.4, 0.5) is 0 Å². The maximum Gasteiger partial charge on any atom is 0.257 e. The first kappa shape index (κ1) is 14.5. The number of rotatable bonds is 6. The minimum Gasteiger partial charge on any atom is -0.480 e. The highest BCUT2D eigenvalue weighted by Crippen LogP contribution is 2.20. The predicted octanol–water partition coefficient (Wildman–Crippen LogP) is 0.160. The summed E-state index contributed by atoms with van der Waals surface area (Å²) in [7, 11) is 1.83. The van der Waals surface area contributed by atoms with E-state index in [9.17, 15) is 4.79 Å². The van der Waals surface area contributed by atoms with Crippen molar-refractivity contribution in [2.75, 3.05) is 19.8 Å². The summed E-state index contributed by atoms with van der Waals surface area (Å²) in [6, 6.07) is 0. The molecule has 1 aromatic rings. The molecule has 2 N–H and O–H groups in total. The topological polar surface area (TPSA) is 76.4 Å². The van der Waals surface area contributed by atoms with Gasteiger partial charge in [-0.25, -0.2) is 0 Å². The number of aliphatic hydroxyl groups excluding tert-OH is 1. The summed E-state index contributed by atoms with van der Waals surface area (Å²) in [5, 5.41) is 15.7. The van der Waals surface area contributed by atoms with Crippen LogP contribution in [-0.4, -0.2) is 40.6 Å². The van der Waals surface area contributed by atoms with E-state index in [2.05, 4.69) is 10.4 Å². The van der Waals surface area contributed by atoms with E-state index in [0.29, 0.717) is 12.3 Å². The van der Waals surface area contributed by atoms with Crippen LogP contribution in [0.2, 0.25) is 0 Å². The minimum absolute atomic E-state index is 0.0362. The Bertz CT molecular complexity index is 415. The average Bonchev–Trinajstić information content (AvgIpc) is 2.58. The molecule has 0 spiro atoms. The average molecular weight is 255 g/mol. The number of aliphatic hydroxyl groups is 1. The Balaban J connectivity index is 2.43. The quantitative estimate of drug-likeness (QED) is 0.759. The number of nitrogens with one attached hydrogen (secondary N) is 1. The summed E-state index contributed by atoms with van der Waals surface area (Å²) in [5.74, 6) is 0.511. The zero-order valence-corrected chi connectivity index (χ0v) is 11.4. The van der Waals surface area contributed by atoms with E-state index in [0.717, 1.165) is 11.4 Å². The summed E-state index contributed by atoms with van der Waals surface area (Å²) in [6.07, 6.45) is 0. The highest BCUT2D eigenvalue weighted by atomic mass is 16.5. The molecule has 0 aromatic carbocycles. The molecule has 1 heterocycles. The Morgan fingerprint density at radius 1 is 1.56 bits per heavy atom. The molecule has 6 heteroatoms. The largest absolute Gasteiger partial charge is 0.480 e. The van der Waals surface area contributed by atoms with Gasteiger partial charge in [0, 0.05) is 20.2 Å². The lowest BCUT2D eigenvalue weighted by atomic mass is 10.2. The standard InChI is InChI=1S/C12H21N3O3/c1-8(6-16)5-13-11(17)7-18-12-9(2)14-15(4)10(12)3/h8,16H,5-7H2,1-4H3,(H,13,17). The van der Waals surface area contributed by atoms with Crippen LogP contribution < -0.4 is 10.1 Å². The summed E-state index contributed by atoms with van der Waals surface area (Å²) < 4.78 is 7.18. The molecule has 1 rings (SSSR count). The van der Waals surface area contributed by atoms with Crippen LogP contribution in [0.25, 0.3) is 0 Å². The third-order valence-corrected chi connectivity index (χ3v) is 2.75. The summed E-state index contributed by atoms with van der Waals surface area (Å²) >= 11 is 0. The minimum atomic E-state index is -0.196. The van der Waals surface area contributed by atoms with Crippen LogP contribution >= 0.6 is 0 Å². The normalized spacial score (nSPS) is 12.3. The first-order chi connectivity index (χ1) is 8.45. The maximum absolute atomic E-state index is 11.5. The van der Waals surface area contributed by atoms with E-state index >= 15 is 0 Å². The Morgan fingerprint density at radius 2 is 2.22 bits per heavy atom. The Morgan fingerprint density at radius 3 is 2.72 bits per heavy atom. The fourth-order valence-electron chi connectivity index (χ4n) is 1.50. The fourth-order valence-corrected chi connectivity index (χ4v) is 1.50. The van der Waals surface area contributed by atoms with Crippen LogP contribution in [0.1, 0.15) is 18.3 Å². The second-order valence-corrected chi connectivity index (χ2v) is 4.50. The number of hydrogen-bond acceptors (Lipinski definition) is 4. The van der Waals surface area contributed by atoms with Gasteiger partial charge in [0.15, 0.2) is 12.4 Å². The number of carbonyl (C=O) groups excluding carboxylic acids is 1. The van der Waals surface area contributed by atoms with Crippen molar-refractivity contribution in [1.29, 1.82) is 0 Å². The smallest absolute Gasteiger partial charge is 0.257 e. The molecule has 0 aliphatic rings. The summed E-state index contributed by atoms with van der Waals surface area (Å²) in [5.41, 5.74) is 1.66. The van der Waals surface area contributed by atoms with Crippen LogP contribution in [0.5, 0.6) is 5.75 Å². The van der Waals surface area contributed by atoms with Gasteiger partial charge < -0.3 is 15.2 Å². The molecular weight excluding hydrogens is 234 g/mol. The first-order valence-electron chi connectivity index (χ1n) is 5.96. The zero-order chi connectivity index (χ0) is 13.7. The lowest BCUT2D eigenvalue weighted by molar-refractivity contribution is -0.123. The number of ether oxygens (including phenoxy) is 1. The lowest BCUT2D eigenvalue weighted by Crippen LogP contribution is -2.33. The van der Waals surface area contributed by atoms with Crippen molar-refractivity contribution in [3.8, 4) is 5.75 Å². The molecule has 18 heavy (non-hydrogen) atoms. The van der Waals surface area contributed by atoms with Gasteiger partial charge in [-0.05, 0) is 19.8 Å². The van der Waals surface area contributed by atoms with Crippen molar-refractivity contribution >= 4 is 5.91 Å². The maximum atomic E-state index is 11.5. The Labute approximate surface area is 107 Å². The van der Waals surface area contributed by atoms with Crippen molar-refractivity contribution in [1.82, 2.24) is 15.1 Å². The van der Waals surface area contributed by atoms with E-state index in [4.69, 9.17) is 9.84 Å². The predicted molar refractivity (Wildman–Crippen MR) is 67.4 cm³/mol. The van der Waals surface area contributed by atoms with Gasteiger partial charge in [0.2, 0.25) is 0 Å². The number of aromatic nitrogens is 2. The van der Waals surface area contributed by atoms with E-state index < -0.39 is 0 Å². The second-order valence-electron chi connectivity index (χ2n) is 4.50. The second kappa shape index (κ2) is 6.39. The van der Waals surface area contributed by atoms with Crippen LogP contribution in [0.15, 0.2) is 0 Å². The van der Waals surface area contributed by atoms with Crippen LogP contribution in [-0.2, 0) is 11.8 Å². The lowest BCUT2D eigenvalue weighted by Gasteiger charge is -2.10. The van der Waals surface area contributed by atoms with E-state index in [1.807, 2.05) is 27.8 Å². The van der Waals surface area contributed by atoms with Gasteiger partial charge in [-0.2, -0.15) is 5.10 Å². The van der Waals surface area contributed by atoms with Crippen molar-refractivity contribution < 1.29 is 14.6 Å². The van der Waals surface area contributed by atoms with E-state index in [1.54, 1.807) is 4.68 Å². The molecule has 102 valence electrons. The fraction of sp³-hybridized carbons (Fsp3) is 0.667. The molecule has 0 aliphatic heterocycles. The highest BCUT2D eigenvalue weighted by molar-refractivity contribution is 5.77.